The van der Waals surface area contributed by atoms with E-state index < -0.39 is 0 Å². The number of nitrogens with one attached hydrogen (secondary N) is 1. The van der Waals surface area contributed by atoms with Crippen molar-refractivity contribution in [1.82, 2.24) is 10.3 Å². The first kappa shape index (κ1) is 17.3. The molecule has 0 aliphatic carbocycles. The highest BCUT2D eigenvalue weighted by Gasteiger charge is 2.08. The first-order valence-electron chi connectivity index (χ1n) is 7.51. The molecule has 0 fully saturated rings. The number of Topliss-reactive ketones (excluding diaryl/α,β-unsaturated/α-hetero) is 1. The van der Waals surface area contributed by atoms with Crippen LogP contribution in [0, 0.1) is 12.7 Å². The molecule has 23 heavy (non-hydrogen) atoms. The average molecular weight is 334 g/mol. The highest BCUT2D eigenvalue weighted by atomic mass is 32.1. The predicted molar refractivity (Wildman–Crippen MR) is 88.1 cm³/mol. The predicted octanol–water partition coefficient (Wildman–Crippen LogP) is 3.30. The van der Waals surface area contributed by atoms with Crippen LogP contribution in [0.5, 0.6) is 0 Å². The van der Waals surface area contributed by atoms with Crippen LogP contribution in [0.1, 0.15) is 40.3 Å². The van der Waals surface area contributed by atoms with E-state index in [1.54, 1.807) is 11.3 Å². The second-order valence-electron chi connectivity index (χ2n) is 5.24. The zero-order chi connectivity index (χ0) is 16.7. The van der Waals surface area contributed by atoms with Gasteiger partial charge in [0.2, 0.25) is 5.91 Å². The highest BCUT2D eigenvalue weighted by molar-refractivity contribution is 7.09. The summed E-state index contributed by atoms with van der Waals surface area (Å²) in [7, 11) is 0. The molecule has 122 valence electrons. The van der Waals surface area contributed by atoms with E-state index >= 15 is 0 Å². The summed E-state index contributed by atoms with van der Waals surface area (Å²) < 4.78 is 12.8. The molecule has 4 nitrogen and oxygen atoms in total. The second-order valence-corrected chi connectivity index (χ2v) is 6.30. The van der Waals surface area contributed by atoms with Crippen LogP contribution in [0.25, 0.3) is 0 Å². The van der Waals surface area contributed by atoms with Crippen molar-refractivity contribution in [3.05, 3.63) is 51.7 Å². The molecule has 1 N–H and O–H groups in total. The molecule has 0 radical (unpaired) electrons. The summed E-state index contributed by atoms with van der Waals surface area (Å²) in [6.45, 7) is 2.50. The van der Waals surface area contributed by atoms with Crippen LogP contribution in [0.2, 0.25) is 0 Å². The van der Waals surface area contributed by atoms with Gasteiger partial charge in [-0.1, -0.05) is 0 Å². The standard InChI is InChI=1S/C17H19FN2O2S/c1-12-20-15(11-23-12)9-10-19-17(22)4-2-3-16(21)13-5-7-14(18)8-6-13/h5-8,11H,2-4,9-10H2,1H3,(H,19,22). The van der Waals surface area contributed by atoms with Gasteiger partial charge in [0.25, 0.3) is 0 Å². The molecule has 0 bridgehead atoms. The topological polar surface area (TPSA) is 59.1 Å². The van der Waals surface area contributed by atoms with Crippen molar-refractivity contribution in [2.24, 2.45) is 0 Å². The Hall–Kier alpha value is -2.08. The van der Waals surface area contributed by atoms with Crippen LogP contribution in [0.15, 0.2) is 29.6 Å². The number of ketones is 1. The average Bonchev–Trinajstić information content (AvgIpc) is 2.93. The molecular weight excluding hydrogens is 315 g/mol. The Morgan fingerprint density at radius 3 is 2.61 bits per heavy atom. The smallest absolute Gasteiger partial charge is 0.220 e. The number of carbonyl (C=O) groups is 2. The van der Waals surface area contributed by atoms with Gasteiger partial charge in [-0.25, -0.2) is 9.37 Å². The monoisotopic (exact) mass is 334 g/mol. The van der Waals surface area contributed by atoms with Gasteiger partial charge in [0.1, 0.15) is 5.82 Å². The number of aryl methyl sites for hydroxylation is 1. The number of benzene rings is 1. The summed E-state index contributed by atoms with van der Waals surface area (Å²) in [6, 6.07) is 5.46. The Morgan fingerprint density at radius 1 is 1.22 bits per heavy atom. The van der Waals surface area contributed by atoms with Gasteiger partial charge >= 0.3 is 0 Å². The van der Waals surface area contributed by atoms with Gasteiger partial charge in [-0.05, 0) is 37.6 Å². The number of carbonyl (C=O) groups excluding carboxylic acids is 2. The Bertz CT molecular complexity index is 667. The van der Waals surface area contributed by atoms with Gasteiger partial charge in [-0.2, -0.15) is 0 Å². The molecule has 1 aromatic heterocycles. The summed E-state index contributed by atoms with van der Waals surface area (Å²) >= 11 is 1.59. The molecular formula is C17H19FN2O2S. The number of thiazole rings is 1. The Morgan fingerprint density at radius 2 is 1.96 bits per heavy atom. The third-order valence-electron chi connectivity index (χ3n) is 3.34. The summed E-state index contributed by atoms with van der Waals surface area (Å²) in [5, 5.41) is 5.83. The molecule has 1 aromatic carbocycles. The van der Waals surface area contributed by atoms with Crippen molar-refractivity contribution >= 4 is 23.0 Å². The van der Waals surface area contributed by atoms with E-state index in [9.17, 15) is 14.0 Å². The van der Waals surface area contributed by atoms with Gasteiger partial charge in [0, 0.05) is 36.8 Å². The number of hydrogen-bond donors (Lipinski definition) is 1. The zero-order valence-corrected chi connectivity index (χ0v) is 13.8. The third-order valence-corrected chi connectivity index (χ3v) is 4.17. The molecule has 0 saturated heterocycles. The Labute approximate surface area is 138 Å². The van der Waals surface area contributed by atoms with E-state index in [-0.39, 0.29) is 23.9 Å². The Balaban J connectivity index is 1.62. The molecule has 0 spiro atoms. The maximum Gasteiger partial charge on any atom is 0.220 e. The van der Waals surface area contributed by atoms with Crippen LogP contribution >= 0.6 is 11.3 Å². The molecule has 1 amide bonds. The van der Waals surface area contributed by atoms with E-state index in [0.29, 0.717) is 31.4 Å². The molecule has 0 atom stereocenters. The van der Waals surface area contributed by atoms with E-state index in [1.807, 2.05) is 12.3 Å². The first-order valence-corrected chi connectivity index (χ1v) is 8.39. The molecule has 2 rings (SSSR count). The van der Waals surface area contributed by atoms with Crippen LogP contribution < -0.4 is 5.32 Å². The largest absolute Gasteiger partial charge is 0.356 e. The molecule has 0 aliphatic heterocycles. The second kappa shape index (κ2) is 8.53. The first-order chi connectivity index (χ1) is 11.0. The van der Waals surface area contributed by atoms with Gasteiger partial charge in [0.15, 0.2) is 5.78 Å². The highest BCUT2D eigenvalue weighted by Crippen LogP contribution is 2.09. The van der Waals surface area contributed by atoms with Crippen molar-refractivity contribution in [1.29, 1.82) is 0 Å². The minimum Gasteiger partial charge on any atom is -0.356 e. The molecule has 6 heteroatoms. The van der Waals surface area contributed by atoms with Gasteiger partial charge in [-0.3, -0.25) is 9.59 Å². The lowest BCUT2D eigenvalue weighted by Gasteiger charge is -2.04. The third kappa shape index (κ3) is 5.90. The van der Waals surface area contributed by atoms with Crippen LogP contribution in [-0.2, 0) is 11.2 Å². The SMILES string of the molecule is Cc1nc(CCNC(=O)CCCC(=O)c2ccc(F)cc2)cs1. The van der Waals surface area contributed by atoms with Crippen molar-refractivity contribution in [3.63, 3.8) is 0 Å². The van der Waals surface area contributed by atoms with E-state index in [2.05, 4.69) is 10.3 Å². The van der Waals surface area contributed by atoms with Crippen molar-refractivity contribution in [2.45, 2.75) is 32.6 Å². The maximum atomic E-state index is 12.8. The lowest BCUT2D eigenvalue weighted by Crippen LogP contribution is -2.25. The maximum absolute atomic E-state index is 12.8. The summed E-state index contributed by atoms with van der Waals surface area (Å²) in [6.07, 6.45) is 1.79. The van der Waals surface area contributed by atoms with E-state index in [1.165, 1.54) is 24.3 Å². The van der Waals surface area contributed by atoms with E-state index in [4.69, 9.17) is 0 Å². The Kier molecular flexibility index (Phi) is 6.40. The summed E-state index contributed by atoms with van der Waals surface area (Å²) in [4.78, 5) is 27.9. The normalized spacial score (nSPS) is 10.5. The van der Waals surface area contributed by atoms with Crippen molar-refractivity contribution in [3.8, 4) is 0 Å². The number of halogens is 1. The minimum absolute atomic E-state index is 0.0659. The quantitative estimate of drug-likeness (QED) is 0.754. The minimum atomic E-state index is -0.365. The number of amides is 1. The molecule has 0 unspecified atom stereocenters. The van der Waals surface area contributed by atoms with Crippen LogP contribution in [0.4, 0.5) is 4.39 Å². The van der Waals surface area contributed by atoms with Gasteiger partial charge in [0.05, 0.1) is 10.7 Å². The fourth-order valence-corrected chi connectivity index (χ4v) is 2.78. The van der Waals surface area contributed by atoms with Gasteiger partial charge in [-0.15, -0.1) is 11.3 Å². The van der Waals surface area contributed by atoms with E-state index in [0.717, 1.165) is 10.7 Å². The number of aromatic nitrogens is 1. The lowest BCUT2D eigenvalue weighted by atomic mass is 10.1. The number of nitrogens with zero attached hydrogens (tertiary/aromatic N) is 1. The number of rotatable bonds is 8. The zero-order valence-electron chi connectivity index (χ0n) is 13.0. The summed E-state index contributed by atoms with van der Waals surface area (Å²) in [5.74, 6) is -0.504. The summed E-state index contributed by atoms with van der Waals surface area (Å²) in [5.41, 5.74) is 1.46. The molecule has 0 saturated carbocycles. The van der Waals surface area contributed by atoms with Gasteiger partial charge < -0.3 is 5.32 Å². The molecule has 0 aliphatic rings. The lowest BCUT2D eigenvalue weighted by molar-refractivity contribution is -0.121. The molecule has 1 heterocycles. The number of hydrogen-bond acceptors (Lipinski definition) is 4. The van der Waals surface area contributed by atoms with Crippen molar-refractivity contribution < 1.29 is 14.0 Å². The fourth-order valence-electron chi connectivity index (χ4n) is 2.13. The molecule has 2 aromatic rings. The van der Waals surface area contributed by atoms with Crippen molar-refractivity contribution in [2.75, 3.05) is 6.54 Å². The fraction of sp³-hybridized carbons (Fsp3) is 0.353. The van der Waals surface area contributed by atoms with Crippen LogP contribution in [0.3, 0.4) is 0 Å². The van der Waals surface area contributed by atoms with Crippen LogP contribution in [-0.4, -0.2) is 23.2 Å².